The van der Waals surface area contributed by atoms with E-state index in [4.69, 9.17) is 0 Å². The Kier molecular flexibility index (Phi) is 4.72. The van der Waals surface area contributed by atoms with Crippen molar-refractivity contribution in [2.75, 3.05) is 26.7 Å². The van der Waals surface area contributed by atoms with Gasteiger partial charge in [-0.3, -0.25) is 4.90 Å². The predicted molar refractivity (Wildman–Crippen MR) is 73.1 cm³/mol. The zero-order valence-corrected chi connectivity index (χ0v) is 11.4. The highest BCUT2D eigenvalue weighted by Crippen LogP contribution is 2.20. The molecule has 2 nitrogen and oxygen atoms in total. The van der Waals surface area contributed by atoms with Crippen molar-refractivity contribution in [3.05, 3.63) is 35.1 Å². The first-order valence-electron chi connectivity index (χ1n) is 6.81. The number of nitrogens with one attached hydrogen (secondary N) is 1. The van der Waals surface area contributed by atoms with Gasteiger partial charge >= 0.3 is 0 Å². The van der Waals surface area contributed by atoms with Crippen LogP contribution in [0.3, 0.4) is 0 Å². The molecule has 100 valence electrons. The molecule has 0 aliphatic carbocycles. The van der Waals surface area contributed by atoms with Crippen LogP contribution in [0.25, 0.3) is 0 Å². The van der Waals surface area contributed by atoms with Gasteiger partial charge in [-0.15, -0.1) is 0 Å². The highest BCUT2D eigenvalue weighted by atomic mass is 19.1. The van der Waals surface area contributed by atoms with Gasteiger partial charge in [0, 0.05) is 12.1 Å². The van der Waals surface area contributed by atoms with Gasteiger partial charge in [-0.25, -0.2) is 4.39 Å². The van der Waals surface area contributed by atoms with Crippen molar-refractivity contribution in [2.24, 2.45) is 5.92 Å². The summed E-state index contributed by atoms with van der Waals surface area (Å²) in [6, 6.07) is 5.38. The smallest absolute Gasteiger partial charge is 0.127 e. The quantitative estimate of drug-likeness (QED) is 0.883. The number of aryl methyl sites for hydroxylation is 1. The third kappa shape index (κ3) is 3.53. The molecule has 0 radical (unpaired) electrons. The molecule has 0 amide bonds. The molecule has 1 aromatic rings. The van der Waals surface area contributed by atoms with Crippen LogP contribution < -0.4 is 5.32 Å². The van der Waals surface area contributed by atoms with Crippen LogP contribution in [0.5, 0.6) is 0 Å². The minimum atomic E-state index is -0.0713. The lowest BCUT2D eigenvalue weighted by atomic mass is 9.96. The molecule has 2 rings (SSSR count). The summed E-state index contributed by atoms with van der Waals surface area (Å²) in [6.07, 6.45) is 2.43. The molecule has 1 N–H and O–H groups in total. The second kappa shape index (κ2) is 6.30. The van der Waals surface area contributed by atoms with Crippen molar-refractivity contribution < 1.29 is 4.39 Å². The van der Waals surface area contributed by atoms with Gasteiger partial charge in [-0.05, 0) is 58.4 Å². The molecule has 0 unspecified atom stereocenters. The van der Waals surface area contributed by atoms with Crippen molar-refractivity contribution in [3.63, 3.8) is 0 Å². The minimum absolute atomic E-state index is 0.0713. The lowest BCUT2D eigenvalue weighted by Crippen LogP contribution is -2.36. The standard InChI is InChI=1S/C15H23FN2/c1-12-3-4-15(16)14(9-12)11-18-7-5-13(6-8-18)10-17-2/h3-4,9,13,17H,5-8,10-11H2,1-2H3. The van der Waals surface area contributed by atoms with Crippen LogP contribution in [0.1, 0.15) is 24.0 Å². The molecule has 1 aliphatic heterocycles. The molecule has 0 atom stereocenters. The van der Waals surface area contributed by atoms with E-state index in [1.54, 1.807) is 6.07 Å². The molecule has 1 aliphatic rings. The average molecular weight is 250 g/mol. The fourth-order valence-corrected chi connectivity index (χ4v) is 2.70. The van der Waals surface area contributed by atoms with Crippen LogP contribution >= 0.6 is 0 Å². The van der Waals surface area contributed by atoms with E-state index in [-0.39, 0.29) is 5.82 Å². The summed E-state index contributed by atoms with van der Waals surface area (Å²) in [5.41, 5.74) is 1.97. The van der Waals surface area contributed by atoms with Crippen molar-refractivity contribution in [3.8, 4) is 0 Å². The van der Waals surface area contributed by atoms with E-state index in [2.05, 4.69) is 10.2 Å². The van der Waals surface area contributed by atoms with Crippen molar-refractivity contribution in [2.45, 2.75) is 26.3 Å². The number of hydrogen-bond acceptors (Lipinski definition) is 2. The summed E-state index contributed by atoms with van der Waals surface area (Å²) in [5.74, 6) is 0.714. The molecular formula is C15H23FN2. The Morgan fingerprint density at radius 3 is 2.72 bits per heavy atom. The molecule has 1 aromatic carbocycles. The summed E-state index contributed by atoms with van der Waals surface area (Å²) in [6.45, 7) is 6.04. The number of benzene rings is 1. The van der Waals surface area contributed by atoms with Crippen molar-refractivity contribution in [1.29, 1.82) is 0 Å². The highest BCUT2D eigenvalue weighted by molar-refractivity contribution is 5.24. The van der Waals surface area contributed by atoms with Gasteiger partial charge in [0.1, 0.15) is 5.82 Å². The normalized spacial score (nSPS) is 18.2. The largest absolute Gasteiger partial charge is 0.319 e. The van der Waals surface area contributed by atoms with Crippen LogP contribution in [-0.4, -0.2) is 31.6 Å². The van der Waals surface area contributed by atoms with Gasteiger partial charge in [-0.1, -0.05) is 17.7 Å². The summed E-state index contributed by atoms with van der Waals surface area (Å²) >= 11 is 0. The number of hydrogen-bond donors (Lipinski definition) is 1. The minimum Gasteiger partial charge on any atom is -0.319 e. The molecule has 0 spiro atoms. The van der Waals surface area contributed by atoms with Crippen LogP contribution in [0.2, 0.25) is 0 Å². The summed E-state index contributed by atoms with van der Waals surface area (Å²) < 4.78 is 13.7. The Hall–Kier alpha value is -0.930. The summed E-state index contributed by atoms with van der Waals surface area (Å²) in [5, 5.41) is 3.24. The van der Waals surface area contributed by atoms with Gasteiger partial charge in [-0.2, -0.15) is 0 Å². The number of piperidine rings is 1. The number of halogens is 1. The lowest BCUT2D eigenvalue weighted by Gasteiger charge is -2.32. The number of nitrogens with zero attached hydrogens (tertiary/aromatic N) is 1. The molecule has 0 aromatic heterocycles. The Balaban J connectivity index is 1.89. The van der Waals surface area contributed by atoms with Crippen LogP contribution in [-0.2, 0) is 6.54 Å². The van der Waals surface area contributed by atoms with E-state index in [9.17, 15) is 4.39 Å². The molecule has 1 fully saturated rings. The van der Waals surface area contributed by atoms with Gasteiger partial charge in [0.25, 0.3) is 0 Å². The Bertz CT molecular complexity index is 384. The average Bonchev–Trinajstić information content (AvgIpc) is 2.37. The maximum absolute atomic E-state index is 13.7. The van der Waals surface area contributed by atoms with Crippen LogP contribution in [0.15, 0.2) is 18.2 Å². The summed E-state index contributed by atoms with van der Waals surface area (Å²) in [7, 11) is 2.01. The van der Waals surface area contributed by atoms with E-state index >= 15 is 0 Å². The fourth-order valence-electron chi connectivity index (χ4n) is 2.70. The lowest BCUT2D eigenvalue weighted by molar-refractivity contribution is 0.175. The second-order valence-corrected chi connectivity index (χ2v) is 5.37. The first-order chi connectivity index (χ1) is 8.69. The molecule has 1 saturated heterocycles. The van der Waals surface area contributed by atoms with Crippen molar-refractivity contribution >= 4 is 0 Å². The molecule has 3 heteroatoms. The maximum Gasteiger partial charge on any atom is 0.127 e. The second-order valence-electron chi connectivity index (χ2n) is 5.37. The van der Waals surface area contributed by atoms with E-state index < -0.39 is 0 Å². The monoisotopic (exact) mass is 250 g/mol. The summed E-state index contributed by atoms with van der Waals surface area (Å²) in [4.78, 5) is 2.37. The highest BCUT2D eigenvalue weighted by Gasteiger charge is 2.19. The van der Waals surface area contributed by atoms with Crippen LogP contribution in [0.4, 0.5) is 4.39 Å². The molecular weight excluding hydrogens is 227 g/mol. The third-order valence-corrected chi connectivity index (χ3v) is 3.80. The maximum atomic E-state index is 13.7. The van der Waals surface area contributed by atoms with E-state index in [1.165, 1.54) is 12.8 Å². The van der Waals surface area contributed by atoms with Gasteiger partial charge in [0.15, 0.2) is 0 Å². The topological polar surface area (TPSA) is 15.3 Å². The van der Waals surface area contributed by atoms with E-state index in [0.29, 0.717) is 0 Å². The molecule has 0 bridgehead atoms. The van der Waals surface area contributed by atoms with E-state index in [1.807, 2.05) is 26.1 Å². The van der Waals surface area contributed by atoms with Gasteiger partial charge in [0.05, 0.1) is 0 Å². The molecule has 0 saturated carbocycles. The first-order valence-corrected chi connectivity index (χ1v) is 6.81. The van der Waals surface area contributed by atoms with Gasteiger partial charge in [0.2, 0.25) is 0 Å². The Morgan fingerprint density at radius 1 is 1.33 bits per heavy atom. The zero-order valence-electron chi connectivity index (χ0n) is 11.4. The van der Waals surface area contributed by atoms with Crippen LogP contribution in [0, 0.1) is 18.7 Å². The number of likely N-dealkylation sites (tertiary alicyclic amines) is 1. The predicted octanol–water partition coefficient (Wildman–Crippen LogP) is 2.57. The Labute approximate surface area is 109 Å². The first kappa shape index (κ1) is 13.5. The fraction of sp³-hybridized carbons (Fsp3) is 0.600. The SMILES string of the molecule is CNCC1CCN(Cc2cc(C)ccc2F)CC1. The zero-order chi connectivity index (χ0) is 13.0. The van der Waals surface area contributed by atoms with Gasteiger partial charge < -0.3 is 5.32 Å². The molecule has 18 heavy (non-hydrogen) atoms. The molecule has 1 heterocycles. The number of rotatable bonds is 4. The van der Waals surface area contributed by atoms with E-state index in [0.717, 1.165) is 43.2 Å². The van der Waals surface area contributed by atoms with Crippen molar-refractivity contribution in [1.82, 2.24) is 10.2 Å². The third-order valence-electron chi connectivity index (χ3n) is 3.80. The Morgan fingerprint density at radius 2 is 2.06 bits per heavy atom.